The molecule has 15 heavy (non-hydrogen) atoms. The molecule has 0 aliphatic carbocycles. The van der Waals surface area contributed by atoms with Crippen molar-refractivity contribution in [3.63, 3.8) is 0 Å². The van der Waals surface area contributed by atoms with Crippen molar-refractivity contribution >= 4 is 23.9 Å². The molecule has 1 N–H and O–H groups in total. The Hall–Kier alpha value is -2.17. The van der Waals surface area contributed by atoms with Gasteiger partial charge in [0, 0.05) is 11.3 Å². The lowest BCUT2D eigenvalue weighted by Gasteiger charge is -2.03. The maximum absolute atomic E-state index is 10.9. The van der Waals surface area contributed by atoms with Gasteiger partial charge in [-0.3, -0.25) is 14.9 Å². The fourth-order valence-corrected chi connectivity index (χ4v) is 0.955. The average Bonchev–Trinajstić information content (AvgIpc) is 2.29. The van der Waals surface area contributed by atoms with Gasteiger partial charge in [-0.15, -0.1) is 0 Å². The summed E-state index contributed by atoms with van der Waals surface area (Å²) >= 11 is 0. The molecule has 0 spiro atoms. The van der Waals surface area contributed by atoms with E-state index >= 15 is 0 Å². The van der Waals surface area contributed by atoms with Crippen LogP contribution in [-0.4, -0.2) is 25.3 Å². The van der Waals surface area contributed by atoms with Gasteiger partial charge in [0.15, 0.2) is 6.29 Å². The lowest BCUT2D eigenvalue weighted by Crippen LogP contribution is -2.11. The first-order valence-corrected chi connectivity index (χ1v) is 4.12. The van der Waals surface area contributed by atoms with Gasteiger partial charge < -0.3 is 4.74 Å². The lowest BCUT2D eigenvalue weighted by atomic mass is 10.1. The third kappa shape index (κ3) is 2.91. The zero-order valence-corrected chi connectivity index (χ0v) is 8.02. The number of benzene rings is 1. The van der Waals surface area contributed by atoms with Crippen LogP contribution >= 0.6 is 0 Å². The van der Waals surface area contributed by atoms with Crippen LogP contribution in [-0.2, 0) is 9.53 Å². The number of rotatable bonds is 3. The lowest BCUT2D eigenvalue weighted by molar-refractivity contribution is -0.104. The van der Waals surface area contributed by atoms with Gasteiger partial charge in [0.1, 0.15) is 0 Å². The number of hydrogen-bond acceptors (Lipinski definition) is 4. The van der Waals surface area contributed by atoms with Crippen LogP contribution in [0, 0.1) is 0 Å². The largest absolute Gasteiger partial charge is 0.453 e. The molecule has 5 heteroatoms. The van der Waals surface area contributed by atoms with Crippen LogP contribution in [0.4, 0.5) is 10.5 Å². The highest BCUT2D eigenvalue weighted by Gasteiger charge is 2.04. The standard InChI is InChI=1S/C10H9NO4/c1-15-10(14)11-8-4-2-7(3-5-8)9(13)6-12/h2-6H,1H3,(H,11,14). The van der Waals surface area contributed by atoms with E-state index in [0.29, 0.717) is 5.69 Å². The number of aldehydes is 1. The van der Waals surface area contributed by atoms with E-state index in [2.05, 4.69) is 10.1 Å². The number of anilines is 1. The molecule has 0 aliphatic rings. The van der Waals surface area contributed by atoms with Gasteiger partial charge in [-0.05, 0) is 24.3 Å². The minimum absolute atomic E-state index is 0.239. The molecule has 78 valence electrons. The second-order valence-electron chi connectivity index (χ2n) is 2.68. The fraction of sp³-hybridized carbons (Fsp3) is 0.100. The van der Waals surface area contributed by atoms with E-state index in [1.54, 1.807) is 0 Å². The van der Waals surface area contributed by atoms with Gasteiger partial charge in [0.05, 0.1) is 7.11 Å². The third-order valence-electron chi connectivity index (χ3n) is 1.71. The van der Waals surface area contributed by atoms with Crippen molar-refractivity contribution in [2.75, 3.05) is 12.4 Å². The molecular formula is C10H9NO4. The van der Waals surface area contributed by atoms with Crippen molar-refractivity contribution in [2.24, 2.45) is 0 Å². The third-order valence-corrected chi connectivity index (χ3v) is 1.71. The number of nitrogens with one attached hydrogen (secondary N) is 1. The summed E-state index contributed by atoms with van der Waals surface area (Å²) in [5.41, 5.74) is 0.768. The summed E-state index contributed by atoms with van der Waals surface area (Å²) in [6.45, 7) is 0. The van der Waals surface area contributed by atoms with E-state index in [9.17, 15) is 14.4 Å². The molecular weight excluding hydrogens is 198 g/mol. The highest BCUT2D eigenvalue weighted by atomic mass is 16.5. The minimum Gasteiger partial charge on any atom is -0.453 e. The first-order valence-electron chi connectivity index (χ1n) is 4.12. The Balaban J connectivity index is 2.76. The number of methoxy groups -OCH3 is 1. The molecule has 0 saturated heterocycles. The molecule has 1 aromatic rings. The smallest absolute Gasteiger partial charge is 0.411 e. The molecule has 0 atom stereocenters. The van der Waals surface area contributed by atoms with Crippen molar-refractivity contribution in [2.45, 2.75) is 0 Å². The number of Topliss-reactive ketones (excluding diaryl/α,β-unsaturated/α-hetero) is 1. The molecule has 0 aliphatic heterocycles. The van der Waals surface area contributed by atoms with Crippen LogP contribution in [0.15, 0.2) is 24.3 Å². The Kier molecular flexibility index (Phi) is 3.56. The number of ether oxygens (including phenoxy) is 1. The summed E-state index contributed by atoms with van der Waals surface area (Å²) in [7, 11) is 1.25. The zero-order valence-electron chi connectivity index (χ0n) is 8.02. The molecule has 0 unspecified atom stereocenters. The molecule has 0 radical (unpaired) electrons. The molecule has 1 aromatic carbocycles. The van der Waals surface area contributed by atoms with Gasteiger partial charge >= 0.3 is 6.09 Å². The van der Waals surface area contributed by atoms with Gasteiger partial charge in [0.2, 0.25) is 5.78 Å². The van der Waals surface area contributed by atoms with Crippen LogP contribution in [0.5, 0.6) is 0 Å². The molecule has 0 bridgehead atoms. The molecule has 5 nitrogen and oxygen atoms in total. The SMILES string of the molecule is COC(=O)Nc1ccc(C(=O)C=O)cc1. The number of carbonyl (C=O) groups is 3. The summed E-state index contributed by atoms with van der Waals surface area (Å²) < 4.78 is 4.38. The number of amides is 1. The second-order valence-corrected chi connectivity index (χ2v) is 2.68. The van der Waals surface area contributed by atoms with E-state index in [1.807, 2.05) is 0 Å². The summed E-state index contributed by atoms with van der Waals surface area (Å²) in [5, 5.41) is 2.41. The highest BCUT2D eigenvalue weighted by Crippen LogP contribution is 2.09. The fourth-order valence-electron chi connectivity index (χ4n) is 0.955. The molecule has 1 amide bonds. The molecule has 1 rings (SSSR count). The predicted molar refractivity (Wildman–Crippen MR) is 52.9 cm³/mol. The quantitative estimate of drug-likeness (QED) is 0.460. The maximum atomic E-state index is 10.9. The van der Waals surface area contributed by atoms with E-state index in [4.69, 9.17) is 0 Å². The van der Waals surface area contributed by atoms with Crippen LogP contribution in [0.1, 0.15) is 10.4 Å². The molecule has 0 fully saturated rings. The van der Waals surface area contributed by atoms with Crippen LogP contribution < -0.4 is 5.32 Å². The Morgan fingerprint density at radius 3 is 2.33 bits per heavy atom. The zero-order chi connectivity index (χ0) is 11.3. The van der Waals surface area contributed by atoms with Crippen molar-refractivity contribution in [3.8, 4) is 0 Å². The predicted octanol–water partition coefficient (Wildman–Crippen LogP) is 1.25. The van der Waals surface area contributed by atoms with E-state index in [-0.39, 0.29) is 11.8 Å². The molecule has 0 aromatic heterocycles. The summed E-state index contributed by atoms with van der Waals surface area (Å²) in [6.07, 6.45) is -0.354. The number of ketones is 1. The Morgan fingerprint density at radius 2 is 1.87 bits per heavy atom. The van der Waals surface area contributed by atoms with Crippen LogP contribution in [0.3, 0.4) is 0 Å². The van der Waals surface area contributed by atoms with E-state index < -0.39 is 11.9 Å². The Labute approximate surface area is 86.0 Å². The number of carbonyl (C=O) groups excluding carboxylic acids is 3. The minimum atomic E-state index is -0.598. The Morgan fingerprint density at radius 1 is 1.27 bits per heavy atom. The maximum Gasteiger partial charge on any atom is 0.411 e. The topological polar surface area (TPSA) is 72.5 Å². The summed E-state index contributed by atoms with van der Waals surface area (Å²) in [5.74, 6) is -0.598. The Bertz CT molecular complexity index is 383. The number of hydrogen-bond donors (Lipinski definition) is 1. The summed E-state index contributed by atoms with van der Waals surface area (Å²) in [4.78, 5) is 31.9. The molecule has 0 saturated carbocycles. The van der Waals surface area contributed by atoms with Gasteiger partial charge in [-0.2, -0.15) is 0 Å². The van der Waals surface area contributed by atoms with Crippen molar-refractivity contribution in [3.05, 3.63) is 29.8 Å². The second kappa shape index (κ2) is 4.90. The highest BCUT2D eigenvalue weighted by molar-refractivity contribution is 6.33. The first kappa shape index (κ1) is 10.9. The normalized spacial score (nSPS) is 9.13. The van der Waals surface area contributed by atoms with Gasteiger partial charge in [-0.25, -0.2) is 4.79 Å². The average molecular weight is 207 g/mol. The monoisotopic (exact) mass is 207 g/mol. The van der Waals surface area contributed by atoms with Gasteiger partial charge in [-0.1, -0.05) is 0 Å². The van der Waals surface area contributed by atoms with Gasteiger partial charge in [0.25, 0.3) is 0 Å². The molecule has 0 heterocycles. The van der Waals surface area contributed by atoms with E-state index in [0.717, 1.165) is 0 Å². The van der Waals surface area contributed by atoms with Crippen molar-refractivity contribution in [1.29, 1.82) is 0 Å². The van der Waals surface area contributed by atoms with E-state index in [1.165, 1.54) is 31.4 Å². The van der Waals surface area contributed by atoms with Crippen LogP contribution in [0.2, 0.25) is 0 Å². The van der Waals surface area contributed by atoms with Crippen molar-refractivity contribution in [1.82, 2.24) is 0 Å². The van der Waals surface area contributed by atoms with Crippen molar-refractivity contribution < 1.29 is 19.1 Å². The van der Waals surface area contributed by atoms with Crippen LogP contribution in [0.25, 0.3) is 0 Å². The first-order chi connectivity index (χ1) is 7.17. The summed E-state index contributed by atoms with van der Waals surface area (Å²) in [6, 6.07) is 5.91.